The molecule has 0 aromatic heterocycles. The third-order valence-electron chi connectivity index (χ3n) is 1.95. The van der Waals surface area contributed by atoms with Crippen molar-refractivity contribution in [2.24, 2.45) is 0 Å². The van der Waals surface area contributed by atoms with Gasteiger partial charge in [-0.25, -0.2) is 0 Å². The highest BCUT2D eigenvalue weighted by molar-refractivity contribution is 5.87. The van der Waals surface area contributed by atoms with Gasteiger partial charge >= 0.3 is 6.18 Å². The Balaban J connectivity index is 2.61. The molecule has 0 radical (unpaired) electrons. The van der Waals surface area contributed by atoms with E-state index >= 15 is 0 Å². The molecular weight excluding hydrogens is 189 g/mol. The minimum atomic E-state index is -4.53. The second-order valence-electron chi connectivity index (χ2n) is 2.96. The Kier molecular flexibility index (Phi) is 2.63. The molecule has 1 aliphatic carbocycles. The molecule has 1 aliphatic rings. The minimum Gasteiger partial charge on any atom is -0.394 e. The zero-order valence-corrected chi connectivity index (χ0v) is 6.73. The Morgan fingerprint density at radius 2 is 2.00 bits per heavy atom. The van der Waals surface area contributed by atoms with E-state index in [4.69, 9.17) is 5.11 Å². The van der Waals surface area contributed by atoms with Gasteiger partial charge in [-0.05, 0) is 0 Å². The summed E-state index contributed by atoms with van der Waals surface area (Å²) in [5.41, 5.74) is -2.33. The van der Waals surface area contributed by atoms with Gasteiger partial charge in [0, 0.05) is 12.8 Å². The molecule has 76 valence electrons. The lowest BCUT2D eigenvalue weighted by Gasteiger charge is -2.41. The maximum absolute atomic E-state index is 12.3. The molecule has 0 unspecified atom stereocenters. The first-order valence-electron chi connectivity index (χ1n) is 3.74. The van der Waals surface area contributed by atoms with Gasteiger partial charge < -0.3 is 9.84 Å². The molecule has 0 spiro atoms. The van der Waals surface area contributed by atoms with Crippen LogP contribution in [0.5, 0.6) is 0 Å². The first kappa shape index (κ1) is 10.5. The van der Waals surface area contributed by atoms with Crippen LogP contribution in [0.15, 0.2) is 0 Å². The van der Waals surface area contributed by atoms with Crippen LogP contribution < -0.4 is 0 Å². The Labute approximate surface area is 72.5 Å². The van der Waals surface area contributed by atoms with Crippen molar-refractivity contribution in [3.63, 3.8) is 0 Å². The molecule has 3 nitrogen and oxygen atoms in total. The molecule has 0 heterocycles. The van der Waals surface area contributed by atoms with Gasteiger partial charge in [0.05, 0.1) is 13.2 Å². The molecule has 0 saturated heterocycles. The Morgan fingerprint density at radius 1 is 1.46 bits per heavy atom. The van der Waals surface area contributed by atoms with Crippen LogP contribution in [-0.4, -0.2) is 35.9 Å². The second-order valence-corrected chi connectivity index (χ2v) is 2.96. The Hall–Kier alpha value is -0.620. The summed E-state index contributed by atoms with van der Waals surface area (Å²) in [6.07, 6.45) is -5.79. The highest BCUT2D eigenvalue weighted by Crippen LogP contribution is 2.45. The number of hydrogen-bond acceptors (Lipinski definition) is 3. The highest BCUT2D eigenvalue weighted by atomic mass is 19.4. The van der Waals surface area contributed by atoms with Gasteiger partial charge in [0.1, 0.15) is 5.78 Å². The number of aliphatic hydroxyl groups is 1. The normalized spacial score (nSPS) is 21.4. The molecule has 0 aliphatic heterocycles. The number of Topliss-reactive ketones (excluding diaryl/α,β-unsaturated/α-hetero) is 1. The lowest BCUT2D eigenvalue weighted by molar-refractivity contribution is -0.294. The molecule has 0 bridgehead atoms. The highest BCUT2D eigenvalue weighted by Gasteiger charge is 2.63. The third kappa shape index (κ3) is 1.83. The van der Waals surface area contributed by atoms with E-state index < -0.39 is 43.6 Å². The van der Waals surface area contributed by atoms with E-state index in [1.165, 1.54) is 0 Å². The molecule has 0 atom stereocenters. The second kappa shape index (κ2) is 3.26. The molecule has 1 N–H and O–H groups in total. The van der Waals surface area contributed by atoms with Gasteiger partial charge in [-0.3, -0.25) is 4.79 Å². The average Bonchev–Trinajstić information content (AvgIpc) is 1.93. The summed E-state index contributed by atoms with van der Waals surface area (Å²) in [4.78, 5) is 10.5. The number of rotatable bonds is 3. The number of alkyl halides is 3. The fourth-order valence-corrected chi connectivity index (χ4v) is 1.21. The van der Waals surface area contributed by atoms with Crippen molar-refractivity contribution in [2.45, 2.75) is 24.6 Å². The third-order valence-corrected chi connectivity index (χ3v) is 1.95. The molecule has 0 aromatic carbocycles. The predicted molar refractivity (Wildman–Crippen MR) is 36.1 cm³/mol. The summed E-state index contributed by atoms with van der Waals surface area (Å²) in [6, 6.07) is 0. The van der Waals surface area contributed by atoms with Gasteiger partial charge in [-0.1, -0.05) is 0 Å². The first-order chi connectivity index (χ1) is 5.91. The quantitative estimate of drug-likeness (QED) is 0.724. The van der Waals surface area contributed by atoms with Gasteiger partial charge in [0.25, 0.3) is 0 Å². The smallest absolute Gasteiger partial charge is 0.394 e. The van der Waals surface area contributed by atoms with E-state index in [0.717, 1.165) is 0 Å². The van der Waals surface area contributed by atoms with E-state index in [9.17, 15) is 18.0 Å². The van der Waals surface area contributed by atoms with Crippen molar-refractivity contribution in [1.29, 1.82) is 0 Å². The van der Waals surface area contributed by atoms with Crippen LogP contribution in [0, 0.1) is 0 Å². The van der Waals surface area contributed by atoms with Crippen LogP contribution in [0.1, 0.15) is 12.8 Å². The summed E-state index contributed by atoms with van der Waals surface area (Å²) >= 11 is 0. The minimum absolute atomic E-state index is 0.396. The van der Waals surface area contributed by atoms with Crippen molar-refractivity contribution in [3.8, 4) is 0 Å². The van der Waals surface area contributed by atoms with Crippen molar-refractivity contribution in [2.75, 3.05) is 13.2 Å². The number of hydrogen-bond donors (Lipinski definition) is 1. The van der Waals surface area contributed by atoms with Gasteiger partial charge in [0.2, 0.25) is 0 Å². The van der Waals surface area contributed by atoms with Crippen LogP contribution >= 0.6 is 0 Å². The number of halogens is 3. The van der Waals surface area contributed by atoms with E-state index in [1.54, 1.807) is 0 Å². The standard InChI is InChI=1S/C7H9F3O3/c8-7(9,10)6(13-2-1-11)3-5(12)4-6/h11H,1-4H2. The van der Waals surface area contributed by atoms with Gasteiger partial charge in [-0.15, -0.1) is 0 Å². The van der Waals surface area contributed by atoms with Crippen molar-refractivity contribution in [3.05, 3.63) is 0 Å². The van der Waals surface area contributed by atoms with Crippen molar-refractivity contribution >= 4 is 5.78 Å². The van der Waals surface area contributed by atoms with Crippen LogP contribution in [0.25, 0.3) is 0 Å². The van der Waals surface area contributed by atoms with Crippen molar-refractivity contribution in [1.82, 2.24) is 0 Å². The zero-order valence-electron chi connectivity index (χ0n) is 6.73. The SMILES string of the molecule is O=C1CC(OCCO)(C(F)(F)F)C1. The Morgan fingerprint density at radius 3 is 2.31 bits per heavy atom. The summed E-state index contributed by atoms with van der Waals surface area (Å²) in [7, 11) is 0. The lowest BCUT2D eigenvalue weighted by atomic mass is 9.78. The Bertz CT molecular complexity index is 204. The van der Waals surface area contributed by atoms with E-state index in [0.29, 0.717) is 0 Å². The largest absolute Gasteiger partial charge is 0.418 e. The fraction of sp³-hybridized carbons (Fsp3) is 0.857. The van der Waals surface area contributed by atoms with Gasteiger partial charge in [0.15, 0.2) is 5.60 Å². The monoisotopic (exact) mass is 198 g/mol. The van der Waals surface area contributed by atoms with E-state index in [1.807, 2.05) is 0 Å². The summed E-state index contributed by atoms with van der Waals surface area (Å²) in [5.74, 6) is -0.463. The molecule has 1 fully saturated rings. The fourth-order valence-electron chi connectivity index (χ4n) is 1.21. The number of aliphatic hydroxyl groups excluding tert-OH is 1. The van der Waals surface area contributed by atoms with Crippen LogP contribution in [0.3, 0.4) is 0 Å². The van der Waals surface area contributed by atoms with Crippen LogP contribution in [0.2, 0.25) is 0 Å². The summed E-state index contributed by atoms with van der Waals surface area (Å²) < 4.78 is 41.3. The predicted octanol–water partition coefficient (Wildman–Crippen LogP) is 0.659. The number of ketones is 1. The molecule has 1 rings (SSSR count). The van der Waals surface area contributed by atoms with E-state index in [-0.39, 0.29) is 0 Å². The lowest BCUT2D eigenvalue weighted by Crippen LogP contribution is -2.57. The summed E-state index contributed by atoms with van der Waals surface area (Å²) in [5, 5.41) is 8.30. The number of carbonyl (C=O) groups is 1. The zero-order chi connectivity index (χ0) is 10.1. The van der Waals surface area contributed by atoms with Gasteiger partial charge in [-0.2, -0.15) is 13.2 Å². The number of carbonyl (C=O) groups excluding carboxylic acids is 1. The maximum atomic E-state index is 12.3. The molecule has 0 aromatic rings. The first-order valence-corrected chi connectivity index (χ1v) is 3.74. The molecule has 13 heavy (non-hydrogen) atoms. The average molecular weight is 198 g/mol. The van der Waals surface area contributed by atoms with E-state index in [2.05, 4.69) is 4.74 Å². The summed E-state index contributed by atoms with van der Waals surface area (Å²) in [6.45, 7) is -0.876. The number of ether oxygens (including phenoxy) is 1. The molecule has 0 amide bonds. The molecule has 6 heteroatoms. The topological polar surface area (TPSA) is 46.5 Å². The van der Waals surface area contributed by atoms with Crippen LogP contribution in [-0.2, 0) is 9.53 Å². The molecule has 1 saturated carbocycles. The van der Waals surface area contributed by atoms with Crippen LogP contribution in [0.4, 0.5) is 13.2 Å². The molecular formula is C7H9F3O3. The van der Waals surface area contributed by atoms with Crippen molar-refractivity contribution < 1.29 is 27.8 Å². The maximum Gasteiger partial charge on any atom is 0.418 e.